The van der Waals surface area contributed by atoms with Crippen molar-refractivity contribution in [3.63, 3.8) is 0 Å². The van der Waals surface area contributed by atoms with Crippen molar-refractivity contribution in [2.45, 2.75) is 13.5 Å². The molecule has 2 N–H and O–H groups in total. The lowest BCUT2D eigenvalue weighted by Gasteiger charge is -2.08. The van der Waals surface area contributed by atoms with Crippen LogP contribution in [0.15, 0.2) is 41.6 Å². The van der Waals surface area contributed by atoms with Crippen molar-refractivity contribution < 1.29 is 0 Å². The Morgan fingerprint density at radius 2 is 2.12 bits per heavy atom. The van der Waals surface area contributed by atoms with E-state index in [1.54, 1.807) is 10.8 Å². The molecule has 0 aliphatic heterocycles. The molecular weight excluding hydrogens is 202 g/mol. The fraction of sp³-hybridized carbons (Fsp3) is 0.167. The van der Waals surface area contributed by atoms with Gasteiger partial charge in [-0.1, -0.05) is 24.3 Å². The van der Waals surface area contributed by atoms with Gasteiger partial charge in [-0.3, -0.25) is 4.79 Å². The van der Waals surface area contributed by atoms with Gasteiger partial charge in [0.25, 0.3) is 5.56 Å². The van der Waals surface area contributed by atoms with E-state index in [9.17, 15) is 4.79 Å². The molecular formula is C12H13N3O. The van der Waals surface area contributed by atoms with E-state index in [2.05, 4.69) is 18.0 Å². The molecule has 82 valence electrons. The maximum atomic E-state index is 11.0. The maximum Gasteiger partial charge on any atom is 0.295 e. The van der Waals surface area contributed by atoms with Gasteiger partial charge in [0.2, 0.25) is 0 Å². The summed E-state index contributed by atoms with van der Waals surface area (Å²) < 4.78 is 1.80. The minimum absolute atomic E-state index is 0.177. The van der Waals surface area contributed by atoms with Crippen LogP contribution in [0.4, 0.5) is 5.69 Å². The molecule has 0 amide bonds. The highest BCUT2D eigenvalue weighted by atomic mass is 16.1. The van der Waals surface area contributed by atoms with Crippen LogP contribution in [0.2, 0.25) is 0 Å². The standard InChI is InChI=1S/C12H13N3O/c1-9-4-2-3-5-10(9)6-15-7-11(13)12(16)14-8-15/h2-5,7-8H,6,13H2,1H3. The number of aromatic nitrogens is 2. The van der Waals surface area contributed by atoms with Gasteiger partial charge in [-0.15, -0.1) is 0 Å². The van der Waals surface area contributed by atoms with Crippen LogP contribution >= 0.6 is 0 Å². The van der Waals surface area contributed by atoms with Crippen LogP contribution in [0, 0.1) is 6.92 Å². The van der Waals surface area contributed by atoms with Gasteiger partial charge in [-0.25, -0.2) is 0 Å². The minimum Gasteiger partial charge on any atom is -0.393 e. The van der Waals surface area contributed by atoms with Crippen molar-refractivity contribution in [2.24, 2.45) is 0 Å². The van der Waals surface area contributed by atoms with E-state index < -0.39 is 0 Å². The molecule has 0 bridgehead atoms. The lowest BCUT2D eigenvalue weighted by Crippen LogP contribution is -2.15. The van der Waals surface area contributed by atoms with Crippen LogP contribution in [0.1, 0.15) is 11.1 Å². The molecule has 2 aromatic rings. The zero-order valence-corrected chi connectivity index (χ0v) is 9.05. The van der Waals surface area contributed by atoms with Crippen molar-refractivity contribution >= 4 is 5.69 Å². The summed E-state index contributed by atoms with van der Waals surface area (Å²) in [4.78, 5) is 14.7. The average molecular weight is 215 g/mol. The first-order valence-corrected chi connectivity index (χ1v) is 5.03. The van der Waals surface area contributed by atoms with E-state index in [0.717, 1.165) is 0 Å². The van der Waals surface area contributed by atoms with Crippen LogP contribution in [0.3, 0.4) is 0 Å². The Morgan fingerprint density at radius 3 is 2.81 bits per heavy atom. The number of nitrogens with zero attached hydrogens (tertiary/aromatic N) is 2. The molecule has 1 aromatic heterocycles. The highest BCUT2D eigenvalue weighted by molar-refractivity contribution is 5.31. The molecule has 0 aliphatic carbocycles. The van der Waals surface area contributed by atoms with Gasteiger partial charge < -0.3 is 10.3 Å². The second kappa shape index (κ2) is 4.18. The Labute approximate surface area is 93.4 Å². The molecule has 4 nitrogen and oxygen atoms in total. The van der Waals surface area contributed by atoms with Crippen molar-refractivity contribution in [3.8, 4) is 0 Å². The summed E-state index contributed by atoms with van der Waals surface area (Å²) in [5.74, 6) is 0. The minimum atomic E-state index is -0.374. The molecule has 0 radical (unpaired) electrons. The average Bonchev–Trinajstić information content (AvgIpc) is 2.27. The van der Waals surface area contributed by atoms with E-state index in [0.29, 0.717) is 6.54 Å². The van der Waals surface area contributed by atoms with Crippen LogP contribution < -0.4 is 11.3 Å². The maximum absolute atomic E-state index is 11.0. The smallest absolute Gasteiger partial charge is 0.295 e. The number of nitrogens with two attached hydrogens (primary N) is 1. The number of benzene rings is 1. The zero-order valence-electron chi connectivity index (χ0n) is 9.05. The quantitative estimate of drug-likeness (QED) is 0.818. The number of rotatable bonds is 2. The SMILES string of the molecule is Cc1ccccc1Cn1cnc(=O)c(N)c1. The monoisotopic (exact) mass is 215 g/mol. The fourth-order valence-corrected chi connectivity index (χ4v) is 1.54. The molecule has 1 aromatic carbocycles. The number of nitrogen functional groups attached to an aromatic ring is 1. The molecule has 0 fully saturated rings. The summed E-state index contributed by atoms with van der Waals surface area (Å²) in [6, 6.07) is 8.08. The van der Waals surface area contributed by atoms with Gasteiger partial charge in [0.15, 0.2) is 0 Å². The lowest BCUT2D eigenvalue weighted by atomic mass is 10.1. The molecule has 0 saturated heterocycles. The second-order valence-electron chi connectivity index (χ2n) is 3.73. The molecule has 1 heterocycles. The summed E-state index contributed by atoms with van der Waals surface area (Å²) in [7, 11) is 0. The second-order valence-corrected chi connectivity index (χ2v) is 3.73. The van der Waals surface area contributed by atoms with Crippen molar-refractivity contribution in [1.29, 1.82) is 0 Å². The molecule has 0 unspecified atom stereocenters. The Bertz CT molecular complexity index is 560. The van der Waals surface area contributed by atoms with Gasteiger partial charge in [0.1, 0.15) is 5.69 Å². The zero-order chi connectivity index (χ0) is 11.5. The summed E-state index contributed by atoms with van der Waals surface area (Å²) in [6.45, 7) is 2.72. The number of anilines is 1. The summed E-state index contributed by atoms with van der Waals surface area (Å²) in [6.07, 6.45) is 3.12. The lowest BCUT2D eigenvalue weighted by molar-refractivity contribution is 0.759. The molecule has 16 heavy (non-hydrogen) atoms. The van der Waals surface area contributed by atoms with Crippen LogP contribution in [-0.2, 0) is 6.54 Å². The number of hydrogen-bond donors (Lipinski definition) is 1. The third kappa shape index (κ3) is 2.11. The normalized spacial score (nSPS) is 10.3. The largest absolute Gasteiger partial charge is 0.393 e. The predicted molar refractivity (Wildman–Crippen MR) is 63.2 cm³/mol. The summed E-state index contributed by atoms with van der Waals surface area (Å²) in [5, 5.41) is 0. The highest BCUT2D eigenvalue weighted by Crippen LogP contribution is 2.08. The van der Waals surface area contributed by atoms with E-state index in [1.165, 1.54) is 17.5 Å². The molecule has 0 saturated carbocycles. The molecule has 4 heteroatoms. The summed E-state index contributed by atoms with van der Waals surface area (Å²) in [5.41, 5.74) is 7.71. The van der Waals surface area contributed by atoms with Gasteiger partial charge in [-0.2, -0.15) is 4.98 Å². The fourth-order valence-electron chi connectivity index (χ4n) is 1.54. The number of hydrogen-bond acceptors (Lipinski definition) is 3. The van der Waals surface area contributed by atoms with Crippen molar-refractivity contribution in [1.82, 2.24) is 9.55 Å². The van der Waals surface area contributed by atoms with E-state index in [-0.39, 0.29) is 11.2 Å². The Morgan fingerprint density at radius 1 is 1.38 bits per heavy atom. The van der Waals surface area contributed by atoms with Gasteiger partial charge in [0, 0.05) is 12.7 Å². The van der Waals surface area contributed by atoms with Crippen LogP contribution in [0.5, 0.6) is 0 Å². The Balaban J connectivity index is 2.31. The molecule has 0 aliphatic rings. The van der Waals surface area contributed by atoms with E-state index in [4.69, 9.17) is 5.73 Å². The van der Waals surface area contributed by atoms with Crippen molar-refractivity contribution in [3.05, 3.63) is 58.3 Å². The van der Waals surface area contributed by atoms with Crippen LogP contribution in [0.25, 0.3) is 0 Å². The third-order valence-electron chi connectivity index (χ3n) is 2.49. The van der Waals surface area contributed by atoms with E-state index in [1.807, 2.05) is 18.2 Å². The van der Waals surface area contributed by atoms with Gasteiger partial charge in [0.05, 0.1) is 6.33 Å². The number of aryl methyl sites for hydroxylation is 1. The first kappa shape index (κ1) is 10.4. The molecule has 0 atom stereocenters. The third-order valence-corrected chi connectivity index (χ3v) is 2.49. The molecule has 2 rings (SSSR count). The van der Waals surface area contributed by atoms with Crippen molar-refractivity contribution in [2.75, 3.05) is 5.73 Å². The predicted octanol–water partition coefficient (Wildman–Crippen LogP) is 1.18. The Hall–Kier alpha value is -2.10. The van der Waals surface area contributed by atoms with E-state index >= 15 is 0 Å². The first-order chi connectivity index (χ1) is 7.66. The van der Waals surface area contributed by atoms with Gasteiger partial charge >= 0.3 is 0 Å². The first-order valence-electron chi connectivity index (χ1n) is 5.03. The molecule has 0 spiro atoms. The topological polar surface area (TPSA) is 60.9 Å². The Kier molecular flexibility index (Phi) is 2.72. The highest BCUT2D eigenvalue weighted by Gasteiger charge is 2.00. The summed E-state index contributed by atoms with van der Waals surface area (Å²) >= 11 is 0. The van der Waals surface area contributed by atoms with Crippen LogP contribution in [-0.4, -0.2) is 9.55 Å². The van der Waals surface area contributed by atoms with Gasteiger partial charge in [-0.05, 0) is 18.1 Å².